The number of thioether (sulfide) groups is 1. The molecule has 3 aromatic carbocycles. The number of amides is 2. The smallest absolute Gasteiger partial charge is 0.268 e. The van der Waals surface area contributed by atoms with Crippen molar-refractivity contribution in [3.05, 3.63) is 100 Å². The number of hydrogen-bond donors (Lipinski definition) is 0. The Morgan fingerprint density at radius 3 is 2.52 bits per heavy atom. The molecule has 0 radical (unpaired) electrons. The summed E-state index contributed by atoms with van der Waals surface area (Å²) in [7, 11) is 0. The van der Waals surface area contributed by atoms with Gasteiger partial charge in [0.15, 0.2) is 4.87 Å². The predicted molar refractivity (Wildman–Crippen MR) is 121 cm³/mol. The summed E-state index contributed by atoms with van der Waals surface area (Å²) < 4.78 is 14.4. The van der Waals surface area contributed by atoms with E-state index in [2.05, 4.69) is 0 Å². The summed E-state index contributed by atoms with van der Waals surface area (Å²) in [4.78, 5) is 29.4. The summed E-state index contributed by atoms with van der Waals surface area (Å²) in [5.74, 6) is -0.173. The molecule has 5 rings (SSSR count). The van der Waals surface area contributed by atoms with Crippen LogP contribution in [-0.2, 0) is 16.2 Å². The van der Waals surface area contributed by atoms with Crippen LogP contribution in [0.1, 0.15) is 21.5 Å². The van der Waals surface area contributed by atoms with Crippen LogP contribution >= 0.6 is 23.4 Å². The number of nitrogens with zero attached hydrogens (tertiary/aromatic N) is 2. The normalized spacial score (nSPS) is 19.9. The first-order valence-electron chi connectivity index (χ1n) is 9.89. The molecule has 156 valence electrons. The molecule has 2 heterocycles. The van der Waals surface area contributed by atoms with E-state index in [1.54, 1.807) is 52.3 Å². The second kappa shape index (κ2) is 7.70. The molecule has 1 unspecified atom stereocenters. The number of rotatable bonds is 3. The Kier molecular flexibility index (Phi) is 4.99. The lowest BCUT2D eigenvalue weighted by Crippen LogP contribution is -2.50. The number of carbonyl (C=O) groups excluding carboxylic acids is 2. The van der Waals surface area contributed by atoms with Crippen LogP contribution in [0.25, 0.3) is 0 Å². The van der Waals surface area contributed by atoms with Gasteiger partial charge in [0, 0.05) is 34.0 Å². The number of anilines is 1. The first-order chi connectivity index (χ1) is 15.0. The number of benzene rings is 3. The maximum Gasteiger partial charge on any atom is 0.268 e. The van der Waals surface area contributed by atoms with E-state index in [0.717, 1.165) is 5.56 Å². The SMILES string of the molecule is O=C(c1ccc(Cl)cc1)N1CCSC12C(=O)N(Cc1ccccc1F)c1ccccc12. The van der Waals surface area contributed by atoms with Crippen LogP contribution in [0.5, 0.6) is 0 Å². The molecular formula is C24H18ClFN2O2S. The van der Waals surface area contributed by atoms with Gasteiger partial charge in [-0.15, -0.1) is 11.8 Å². The van der Waals surface area contributed by atoms with Gasteiger partial charge < -0.3 is 9.80 Å². The van der Waals surface area contributed by atoms with Crippen LogP contribution in [0.15, 0.2) is 72.8 Å². The summed E-state index contributed by atoms with van der Waals surface area (Å²) in [5.41, 5.74) is 2.38. The van der Waals surface area contributed by atoms with Gasteiger partial charge in [0.1, 0.15) is 5.82 Å². The largest absolute Gasteiger partial charge is 0.311 e. The minimum Gasteiger partial charge on any atom is -0.311 e. The molecule has 4 nitrogen and oxygen atoms in total. The third-order valence-corrected chi connectivity index (χ3v) is 7.39. The highest BCUT2D eigenvalue weighted by atomic mass is 35.5. The summed E-state index contributed by atoms with van der Waals surface area (Å²) in [6.07, 6.45) is 0. The highest BCUT2D eigenvalue weighted by molar-refractivity contribution is 8.01. The van der Waals surface area contributed by atoms with Gasteiger partial charge in [-0.1, -0.05) is 48.0 Å². The van der Waals surface area contributed by atoms with E-state index in [9.17, 15) is 14.0 Å². The van der Waals surface area contributed by atoms with Crippen LogP contribution in [-0.4, -0.2) is 29.0 Å². The van der Waals surface area contributed by atoms with Crippen molar-refractivity contribution in [1.29, 1.82) is 0 Å². The highest BCUT2D eigenvalue weighted by Gasteiger charge is 2.59. The maximum atomic E-state index is 14.4. The van der Waals surface area contributed by atoms with Crippen LogP contribution in [0, 0.1) is 5.82 Å². The average Bonchev–Trinajstić information content (AvgIpc) is 3.32. The van der Waals surface area contributed by atoms with Crippen molar-refractivity contribution in [2.75, 3.05) is 17.2 Å². The predicted octanol–water partition coefficient (Wildman–Crippen LogP) is 5.07. The van der Waals surface area contributed by atoms with E-state index in [4.69, 9.17) is 11.6 Å². The fourth-order valence-electron chi connectivity index (χ4n) is 4.27. The van der Waals surface area contributed by atoms with Crippen molar-refractivity contribution in [2.24, 2.45) is 0 Å². The van der Waals surface area contributed by atoms with Gasteiger partial charge in [0.2, 0.25) is 0 Å². The molecular weight excluding hydrogens is 435 g/mol. The monoisotopic (exact) mass is 452 g/mol. The number of hydrogen-bond acceptors (Lipinski definition) is 3. The highest BCUT2D eigenvalue weighted by Crippen LogP contribution is 2.54. The molecule has 2 aliphatic rings. The Balaban J connectivity index is 1.58. The van der Waals surface area contributed by atoms with Gasteiger partial charge in [-0.05, 0) is 36.4 Å². The fourth-order valence-corrected chi connectivity index (χ4v) is 5.86. The Hall–Kier alpha value is -2.83. The van der Waals surface area contributed by atoms with E-state index < -0.39 is 4.87 Å². The van der Waals surface area contributed by atoms with E-state index in [1.165, 1.54) is 17.8 Å². The van der Waals surface area contributed by atoms with E-state index >= 15 is 0 Å². The molecule has 0 bridgehead atoms. The standard InChI is InChI=1S/C24H18ClFN2O2S/c25-18-11-9-16(10-12-18)22(29)28-13-14-31-24(28)19-6-2-4-8-21(19)27(23(24)30)15-17-5-1-3-7-20(17)26/h1-12H,13-15H2. The third kappa shape index (κ3) is 3.13. The number of halogens is 2. The zero-order chi connectivity index (χ0) is 21.6. The molecule has 2 aliphatic heterocycles. The summed E-state index contributed by atoms with van der Waals surface area (Å²) in [6.45, 7) is 0.549. The maximum absolute atomic E-state index is 14.4. The Morgan fingerprint density at radius 2 is 1.74 bits per heavy atom. The van der Waals surface area contributed by atoms with Crippen LogP contribution in [0.3, 0.4) is 0 Å². The molecule has 0 N–H and O–H groups in total. The Morgan fingerprint density at radius 1 is 1.03 bits per heavy atom. The van der Waals surface area contributed by atoms with Crippen LogP contribution in [0.4, 0.5) is 10.1 Å². The molecule has 1 spiro atoms. The molecule has 0 aromatic heterocycles. The molecule has 1 saturated heterocycles. The molecule has 1 fully saturated rings. The fraction of sp³-hybridized carbons (Fsp3) is 0.167. The van der Waals surface area contributed by atoms with Crippen molar-refractivity contribution in [3.8, 4) is 0 Å². The number of para-hydroxylation sites is 1. The molecule has 0 aliphatic carbocycles. The van der Waals surface area contributed by atoms with Gasteiger partial charge in [-0.25, -0.2) is 4.39 Å². The van der Waals surface area contributed by atoms with Gasteiger partial charge in [0.25, 0.3) is 11.8 Å². The first-order valence-corrected chi connectivity index (χ1v) is 11.2. The quantitative estimate of drug-likeness (QED) is 0.557. The minimum absolute atomic E-state index is 0.105. The lowest BCUT2D eigenvalue weighted by Gasteiger charge is -2.33. The van der Waals surface area contributed by atoms with Crippen molar-refractivity contribution >= 4 is 40.9 Å². The molecule has 2 amide bonds. The molecule has 1 atom stereocenters. The van der Waals surface area contributed by atoms with Crippen molar-refractivity contribution in [1.82, 2.24) is 4.90 Å². The number of carbonyl (C=O) groups is 2. The van der Waals surface area contributed by atoms with Crippen molar-refractivity contribution in [2.45, 2.75) is 11.4 Å². The van der Waals surface area contributed by atoms with Gasteiger partial charge >= 0.3 is 0 Å². The summed E-state index contributed by atoms with van der Waals surface area (Å²) in [5, 5.41) is 0.542. The van der Waals surface area contributed by atoms with E-state index in [0.29, 0.717) is 34.1 Å². The minimum atomic E-state index is -1.15. The van der Waals surface area contributed by atoms with Gasteiger partial charge in [-0.3, -0.25) is 9.59 Å². The zero-order valence-electron chi connectivity index (χ0n) is 16.4. The second-order valence-electron chi connectivity index (χ2n) is 7.46. The Bertz CT molecular complexity index is 1190. The van der Waals surface area contributed by atoms with E-state index in [-0.39, 0.29) is 24.2 Å². The first kappa shape index (κ1) is 20.1. The molecule has 7 heteroatoms. The van der Waals surface area contributed by atoms with Crippen molar-refractivity contribution < 1.29 is 14.0 Å². The number of fused-ring (bicyclic) bond motifs is 2. The lowest BCUT2D eigenvalue weighted by molar-refractivity contribution is -0.123. The van der Waals surface area contributed by atoms with Crippen LogP contribution < -0.4 is 4.90 Å². The molecule has 31 heavy (non-hydrogen) atoms. The third-order valence-electron chi connectivity index (χ3n) is 5.72. The topological polar surface area (TPSA) is 40.6 Å². The second-order valence-corrected chi connectivity index (χ2v) is 9.18. The zero-order valence-corrected chi connectivity index (χ0v) is 18.0. The molecule has 3 aromatic rings. The summed E-state index contributed by atoms with van der Waals surface area (Å²) in [6, 6.07) is 20.6. The Labute approximate surface area is 188 Å². The van der Waals surface area contributed by atoms with Gasteiger partial charge in [0.05, 0.1) is 12.2 Å². The lowest BCUT2D eigenvalue weighted by atomic mass is 10.0. The average molecular weight is 453 g/mol. The van der Waals surface area contributed by atoms with Crippen molar-refractivity contribution in [3.63, 3.8) is 0 Å². The molecule has 0 saturated carbocycles. The van der Waals surface area contributed by atoms with E-state index in [1.807, 2.05) is 24.3 Å². The van der Waals surface area contributed by atoms with Gasteiger partial charge in [-0.2, -0.15) is 0 Å². The summed E-state index contributed by atoms with van der Waals surface area (Å²) >= 11 is 7.43. The van der Waals surface area contributed by atoms with Crippen LogP contribution in [0.2, 0.25) is 5.02 Å².